The first-order chi connectivity index (χ1) is 14.4. The summed E-state index contributed by atoms with van der Waals surface area (Å²) < 4.78 is 30.2. The van der Waals surface area contributed by atoms with E-state index in [2.05, 4.69) is 6.92 Å². The molecule has 0 aromatic heterocycles. The maximum absolute atomic E-state index is 13.5. The van der Waals surface area contributed by atoms with E-state index in [0.29, 0.717) is 35.7 Å². The maximum atomic E-state index is 13.5. The number of phenols is 1. The highest BCUT2D eigenvalue weighted by Crippen LogP contribution is 2.30. The van der Waals surface area contributed by atoms with Gasteiger partial charge in [0, 0.05) is 6.42 Å². The first kappa shape index (κ1) is 23.1. The number of aliphatic carboxylic acids is 1. The summed E-state index contributed by atoms with van der Waals surface area (Å²) in [6.45, 7) is 4.80. The number of aromatic hydroxyl groups is 1. The first-order valence-corrected chi connectivity index (χ1v) is 9.89. The van der Waals surface area contributed by atoms with Crippen LogP contribution in [0.15, 0.2) is 42.2 Å². The number of rotatable bonds is 12. The Balaban J connectivity index is 2.15. The molecule has 0 amide bonds. The van der Waals surface area contributed by atoms with Crippen molar-refractivity contribution >= 4 is 12.0 Å². The summed E-state index contributed by atoms with van der Waals surface area (Å²) in [5, 5.41) is 18.5. The lowest BCUT2D eigenvalue weighted by Crippen LogP contribution is -2.06. The number of carboxylic acid groups (broad SMARTS) is 1. The first-order valence-electron chi connectivity index (χ1n) is 9.89. The van der Waals surface area contributed by atoms with E-state index in [1.165, 1.54) is 18.2 Å². The van der Waals surface area contributed by atoms with Crippen molar-refractivity contribution in [1.82, 2.24) is 0 Å². The van der Waals surface area contributed by atoms with Gasteiger partial charge in [-0.3, -0.25) is 0 Å². The summed E-state index contributed by atoms with van der Waals surface area (Å²) in [6, 6.07) is 9.33. The second kappa shape index (κ2) is 11.7. The van der Waals surface area contributed by atoms with E-state index in [1.54, 1.807) is 31.2 Å². The Bertz CT molecular complexity index is 878. The van der Waals surface area contributed by atoms with Gasteiger partial charge in [0.2, 0.25) is 5.76 Å². The molecule has 30 heavy (non-hydrogen) atoms. The smallest absolute Gasteiger partial charge is 0.371 e. The van der Waals surface area contributed by atoms with Crippen LogP contribution in [0.3, 0.4) is 0 Å². The van der Waals surface area contributed by atoms with Crippen LogP contribution in [-0.2, 0) is 16.0 Å². The highest BCUT2D eigenvalue weighted by molar-refractivity contribution is 5.90. The van der Waals surface area contributed by atoms with Gasteiger partial charge in [-0.25, -0.2) is 9.18 Å². The van der Waals surface area contributed by atoms with Gasteiger partial charge in [0.15, 0.2) is 23.1 Å². The molecule has 0 radical (unpaired) electrons. The fraction of sp³-hybridized carbons (Fsp3) is 0.348. The molecule has 0 fully saturated rings. The van der Waals surface area contributed by atoms with Crippen LogP contribution in [-0.4, -0.2) is 36.0 Å². The third kappa shape index (κ3) is 6.99. The van der Waals surface area contributed by atoms with Crippen LogP contribution in [0.2, 0.25) is 0 Å². The summed E-state index contributed by atoms with van der Waals surface area (Å²) in [5.74, 6) is -1.35. The molecule has 0 aliphatic carbocycles. The molecule has 0 aliphatic rings. The van der Waals surface area contributed by atoms with Gasteiger partial charge in [-0.05, 0) is 54.8 Å². The number of phenolic OH excluding ortho intramolecular Hbond substituents is 1. The number of hydrogen-bond acceptors (Lipinski definition) is 5. The highest BCUT2D eigenvalue weighted by atomic mass is 19.1. The van der Waals surface area contributed by atoms with Crippen molar-refractivity contribution in [2.24, 2.45) is 0 Å². The number of hydrogen-bond donors (Lipinski definition) is 2. The number of carbonyl (C=O) groups is 1. The van der Waals surface area contributed by atoms with Crippen LogP contribution in [0.25, 0.3) is 6.08 Å². The second-order valence-corrected chi connectivity index (χ2v) is 6.54. The molecule has 0 bridgehead atoms. The average Bonchev–Trinajstić information content (AvgIpc) is 2.72. The van der Waals surface area contributed by atoms with Crippen LogP contribution in [0.5, 0.6) is 17.2 Å². The molecule has 2 aromatic carbocycles. The van der Waals surface area contributed by atoms with E-state index in [0.717, 1.165) is 12.8 Å². The predicted octanol–water partition coefficient (Wildman–Crippen LogP) is 4.79. The standard InChI is InChI=1S/C23H27FO6/c1-3-5-11-29-21-14-17(15-22(23(26)27)28-4-2)7-9-20(21)30-12-10-16-6-8-19(25)18(24)13-16/h6-9,13-15,25H,3-5,10-12H2,1-2H3,(H,26,27). The Morgan fingerprint density at radius 1 is 1.07 bits per heavy atom. The number of unbranched alkanes of at least 4 members (excludes halogenated alkanes) is 1. The zero-order valence-corrected chi connectivity index (χ0v) is 17.2. The molecule has 2 aromatic rings. The number of benzene rings is 2. The third-order valence-electron chi connectivity index (χ3n) is 4.19. The Labute approximate surface area is 175 Å². The van der Waals surface area contributed by atoms with E-state index >= 15 is 0 Å². The predicted molar refractivity (Wildman–Crippen MR) is 111 cm³/mol. The highest BCUT2D eigenvalue weighted by Gasteiger charge is 2.11. The molecule has 0 atom stereocenters. The van der Waals surface area contributed by atoms with Crippen LogP contribution < -0.4 is 9.47 Å². The lowest BCUT2D eigenvalue weighted by Gasteiger charge is -2.14. The minimum absolute atomic E-state index is 0.153. The SMILES string of the molecule is CCCCOc1cc(C=C(OCC)C(=O)O)ccc1OCCc1ccc(O)c(F)c1. The normalized spacial score (nSPS) is 11.2. The van der Waals surface area contributed by atoms with Crippen molar-refractivity contribution in [3.63, 3.8) is 0 Å². The van der Waals surface area contributed by atoms with Crippen molar-refractivity contribution in [3.8, 4) is 17.2 Å². The summed E-state index contributed by atoms with van der Waals surface area (Å²) in [6.07, 6.45) is 3.71. The minimum Gasteiger partial charge on any atom is -0.505 e. The van der Waals surface area contributed by atoms with Gasteiger partial charge in [-0.15, -0.1) is 0 Å². The lowest BCUT2D eigenvalue weighted by atomic mass is 10.1. The number of halogens is 1. The van der Waals surface area contributed by atoms with Crippen molar-refractivity contribution in [1.29, 1.82) is 0 Å². The van der Waals surface area contributed by atoms with Gasteiger partial charge in [0.25, 0.3) is 0 Å². The molecule has 0 saturated carbocycles. The summed E-state index contributed by atoms with van der Waals surface area (Å²) in [4.78, 5) is 11.3. The molecular weight excluding hydrogens is 391 g/mol. The Kier molecular flexibility index (Phi) is 9.00. The van der Waals surface area contributed by atoms with Gasteiger partial charge in [-0.2, -0.15) is 0 Å². The van der Waals surface area contributed by atoms with E-state index in [4.69, 9.17) is 14.2 Å². The fourth-order valence-electron chi connectivity index (χ4n) is 2.63. The van der Waals surface area contributed by atoms with Crippen LogP contribution in [0, 0.1) is 5.82 Å². The maximum Gasteiger partial charge on any atom is 0.371 e. The molecule has 0 spiro atoms. The summed E-state index contributed by atoms with van der Waals surface area (Å²) in [7, 11) is 0. The Morgan fingerprint density at radius 3 is 2.50 bits per heavy atom. The molecule has 0 aliphatic heterocycles. The van der Waals surface area contributed by atoms with Crippen molar-refractivity contribution < 1.29 is 33.6 Å². The molecule has 2 N–H and O–H groups in total. The monoisotopic (exact) mass is 418 g/mol. The average molecular weight is 418 g/mol. The third-order valence-corrected chi connectivity index (χ3v) is 4.19. The molecule has 0 saturated heterocycles. The van der Waals surface area contributed by atoms with Crippen molar-refractivity contribution in [2.45, 2.75) is 33.1 Å². The van der Waals surface area contributed by atoms with E-state index < -0.39 is 11.8 Å². The van der Waals surface area contributed by atoms with E-state index in [9.17, 15) is 19.4 Å². The Morgan fingerprint density at radius 2 is 1.83 bits per heavy atom. The zero-order valence-electron chi connectivity index (χ0n) is 17.2. The molecule has 162 valence electrons. The minimum atomic E-state index is -1.15. The summed E-state index contributed by atoms with van der Waals surface area (Å²) in [5.41, 5.74) is 1.31. The van der Waals surface area contributed by atoms with E-state index in [1.807, 2.05) is 0 Å². The van der Waals surface area contributed by atoms with Crippen molar-refractivity contribution in [2.75, 3.05) is 19.8 Å². The summed E-state index contributed by atoms with van der Waals surface area (Å²) >= 11 is 0. The van der Waals surface area contributed by atoms with Gasteiger partial charge in [0.1, 0.15) is 0 Å². The molecule has 6 nitrogen and oxygen atoms in total. The largest absolute Gasteiger partial charge is 0.505 e. The zero-order chi connectivity index (χ0) is 21.9. The van der Waals surface area contributed by atoms with Gasteiger partial charge in [0.05, 0.1) is 19.8 Å². The molecular formula is C23H27FO6. The second-order valence-electron chi connectivity index (χ2n) is 6.54. The number of ether oxygens (including phenoxy) is 3. The van der Waals surface area contributed by atoms with Crippen molar-refractivity contribution in [3.05, 3.63) is 59.1 Å². The van der Waals surface area contributed by atoms with Gasteiger partial charge < -0.3 is 24.4 Å². The molecule has 7 heteroatoms. The van der Waals surface area contributed by atoms with Crippen LogP contribution in [0.4, 0.5) is 4.39 Å². The van der Waals surface area contributed by atoms with Gasteiger partial charge >= 0.3 is 5.97 Å². The quantitative estimate of drug-likeness (QED) is 0.293. The Hall–Kier alpha value is -3.22. The fourth-order valence-corrected chi connectivity index (χ4v) is 2.63. The molecule has 0 unspecified atom stereocenters. The van der Waals surface area contributed by atoms with Crippen LogP contribution >= 0.6 is 0 Å². The van der Waals surface area contributed by atoms with Gasteiger partial charge in [-0.1, -0.05) is 25.5 Å². The lowest BCUT2D eigenvalue weighted by molar-refractivity contribution is -0.136. The van der Waals surface area contributed by atoms with E-state index in [-0.39, 0.29) is 24.7 Å². The molecule has 0 heterocycles. The molecule has 2 rings (SSSR count). The van der Waals surface area contributed by atoms with Crippen LogP contribution in [0.1, 0.15) is 37.8 Å². The topological polar surface area (TPSA) is 85.2 Å². The number of carboxylic acids is 1.